The lowest BCUT2D eigenvalue weighted by Crippen LogP contribution is -2.43. The van der Waals surface area contributed by atoms with Crippen molar-refractivity contribution in [1.82, 2.24) is 10.6 Å². The Kier molecular flexibility index (Phi) is 5.96. The van der Waals surface area contributed by atoms with Crippen LogP contribution in [0.25, 0.3) is 0 Å². The molecule has 1 unspecified atom stereocenters. The van der Waals surface area contributed by atoms with Gasteiger partial charge in [0.2, 0.25) is 5.91 Å². The van der Waals surface area contributed by atoms with Crippen LogP contribution in [-0.2, 0) is 11.2 Å². The van der Waals surface area contributed by atoms with Gasteiger partial charge in [-0.2, -0.15) is 0 Å². The van der Waals surface area contributed by atoms with Gasteiger partial charge in [0.05, 0.1) is 13.2 Å². The molecule has 2 N–H and O–H groups in total. The number of benzene rings is 2. The second kappa shape index (κ2) is 8.58. The number of anilines is 1. The Balaban J connectivity index is 1.47. The molecule has 0 saturated carbocycles. The van der Waals surface area contributed by atoms with Crippen LogP contribution in [0.5, 0.6) is 5.75 Å². The van der Waals surface area contributed by atoms with Gasteiger partial charge >= 0.3 is 6.03 Å². The van der Waals surface area contributed by atoms with Crippen LogP contribution in [0.4, 0.5) is 10.5 Å². The first-order chi connectivity index (χ1) is 13.1. The van der Waals surface area contributed by atoms with E-state index in [1.807, 2.05) is 55.5 Å². The average Bonchev–Trinajstić information content (AvgIpc) is 3.02. The molecule has 3 rings (SSSR count). The lowest BCUT2D eigenvalue weighted by atomic mass is 10.1. The average molecular weight is 367 g/mol. The highest BCUT2D eigenvalue weighted by Gasteiger charge is 2.31. The van der Waals surface area contributed by atoms with Crippen LogP contribution in [-0.4, -0.2) is 38.2 Å². The fraction of sp³-hybridized carbons (Fsp3) is 0.333. The quantitative estimate of drug-likeness (QED) is 0.825. The van der Waals surface area contributed by atoms with Crippen molar-refractivity contribution in [3.05, 3.63) is 59.7 Å². The third-order valence-corrected chi connectivity index (χ3v) is 4.68. The van der Waals surface area contributed by atoms with Crippen molar-refractivity contribution in [2.24, 2.45) is 0 Å². The molecule has 1 atom stereocenters. The monoisotopic (exact) mass is 367 g/mol. The van der Waals surface area contributed by atoms with E-state index in [0.717, 1.165) is 22.6 Å². The highest BCUT2D eigenvalue weighted by Crippen LogP contribution is 2.22. The number of hydrogen-bond acceptors (Lipinski definition) is 3. The van der Waals surface area contributed by atoms with Gasteiger partial charge in [-0.05, 0) is 37.1 Å². The van der Waals surface area contributed by atoms with E-state index < -0.39 is 0 Å². The first kappa shape index (κ1) is 18.8. The van der Waals surface area contributed by atoms with Crippen molar-refractivity contribution in [3.63, 3.8) is 0 Å². The summed E-state index contributed by atoms with van der Waals surface area (Å²) in [4.78, 5) is 26.1. The number of aryl methyl sites for hydroxylation is 1. The zero-order valence-corrected chi connectivity index (χ0v) is 15.7. The standard InChI is InChI=1S/C21H25N3O3/c1-15-7-9-18(10-8-15)24-14-17(13-20(24)25)23-21(26)22-12-11-16-5-3-4-6-19(16)27-2/h3-10,17H,11-14H2,1-2H3,(H2,22,23,26). The van der Waals surface area contributed by atoms with Crippen LogP contribution in [0, 0.1) is 6.92 Å². The van der Waals surface area contributed by atoms with Crippen molar-refractivity contribution in [3.8, 4) is 5.75 Å². The van der Waals surface area contributed by atoms with Crippen LogP contribution in [0.15, 0.2) is 48.5 Å². The summed E-state index contributed by atoms with van der Waals surface area (Å²) in [7, 11) is 1.63. The molecule has 3 amide bonds. The maximum absolute atomic E-state index is 12.3. The molecular formula is C21H25N3O3. The Labute approximate surface area is 159 Å². The molecule has 0 bridgehead atoms. The molecule has 1 aliphatic heterocycles. The maximum Gasteiger partial charge on any atom is 0.315 e. The second-order valence-electron chi connectivity index (χ2n) is 6.70. The summed E-state index contributed by atoms with van der Waals surface area (Å²) < 4.78 is 5.31. The first-order valence-corrected chi connectivity index (χ1v) is 9.10. The van der Waals surface area contributed by atoms with Gasteiger partial charge in [-0.3, -0.25) is 4.79 Å². The predicted molar refractivity (Wildman–Crippen MR) is 105 cm³/mol. The first-order valence-electron chi connectivity index (χ1n) is 9.10. The van der Waals surface area contributed by atoms with E-state index in [4.69, 9.17) is 4.74 Å². The van der Waals surface area contributed by atoms with Gasteiger partial charge in [-0.15, -0.1) is 0 Å². The second-order valence-corrected chi connectivity index (χ2v) is 6.70. The van der Waals surface area contributed by atoms with Crippen molar-refractivity contribution in [1.29, 1.82) is 0 Å². The van der Waals surface area contributed by atoms with Gasteiger partial charge < -0.3 is 20.3 Å². The molecule has 0 aliphatic carbocycles. The number of nitrogens with one attached hydrogen (secondary N) is 2. The minimum atomic E-state index is -0.256. The lowest BCUT2D eigenvalue weighted by Gasteiger charge is -2.17. The normalized spacial score (nSPS) is 16.3. The van der Waals surface area contributed by atoms with E-state index in [0.29, 0.717) is 25.9 Å². The molecule has 0 radical (unpaired) electrons. The third kappa shape index (κ3) is 4.78. The molecular weight excluding hydrogens is 342 g/mol. The highest BCUT2D eigenvalue weighted by atomic mass is 16.5. The fourth-order valence-corrected chi connectivity index (χ4v) is 3.24. The van der Waals surface area contributed by atoms with E-state index in [1.165, 1.54) is 0 Å². The van der Waals surface area contributed by atoms with Crippen molar-refractivity contribution in [2.45, 2.75) is 25.8 Å². The zero-order chi connectivity index (χ0) is 19.2. The molecule has 1 heterocycles. The summed E-state index contributed by atoms with van der Waals surface area (Å²) in [6.45, 7) is 2.99. The summed E-state index contributed by atoms with van der Waals surface area (Å²) in [6, 6.07) is 15.1. The summed E-state index contributed by atoms with van der Waals surface area (Å²) in [5, 5.41) is 5.74. The van der Waals surface area contributed by atoms with Crippen molar-refractivity contribution < 1.29 is 14.3 Å². The lowest BCUT2D eigenvalue weighted by molar-refractivity contribution is -0.117. The Morgan fingerprint density at radius 3 is 2.67 bits per heavy atom. The Morgan fingerprint density at radius 2 is 1.93 bits per heavy atom. The summed E-state index contributed by atoms with van der Waals surface area (Å²) in [5.41, 5.74) is 3.06. The summed E-state index contributed by atoms with van der Waals surface area (Å²) in [5.74, 6) is 0.841. The molecule has 27 heavy (non-hydrogen) atoms. The van der Waals surface area contributed by atoms with Crippen LogP contribution in [0.3, 0.4) is 0 Å². The van der Waals surface area contributed by atoms with Gasteiger partial charge in [-0.1, -0.05) is 35.9 Å². The molecule has 2 aromatic rings. The van der Waals surface area contributed by atoms with Crippen LogP contribution >= 0.6 is 0 Å². The minimum absolute atomic E-state index is 0.0261. The number of carbonyl (C=O) groups excluding carboxylic acids is 2. The number of hydrogen-bond donors (Lipinski definition) is 2. The number of amides is 3. The van der Waals surface area contributed by atoms with Crippen molar-refractivity contribution >= 4 is 17.6 Å². The SMILES string of the molecule is COc1ccccc1CCNC(=O)NC1CC(=O)N(c2ccc(C)cc2)C1. The van der Waals surface area contributed by atoms with E-state index in [9.17, 15) is 9.59 Å². The Morgan fingerprint density at radius 1 is 1.19 bits per heavy atom. The number of ether oxygens (including phenoxy) is 1. The Hall–Kier alpha value is -3.02. The van der Waals surface area contributed by atoms with Crippen LogP contribution in [0.1, 0.15) is 17.5 Å². The van der Waals surface area contributed by atoms with Gasteiger partial charge in [0.15, 0.2) is 0 Å². The summed E-state index contributed by atoms with van der Waals surface area (Å²) >= 11 is 0. The molecule has 1 aliphatic rings. The number of para-hydroxylation sites is 1. The number of rotatable bonds is 6. The van der Waals surface area contributed by atoms with Gasteiger partial charge in [0.25, 0.3) is 0 Å². The van der Waals surface area contributed by atoms with Crippen molar-refractivity contribution in [2.75, 3.05) is 25.1 Å². The predicted octanol–water partition coefficient (Wildman–Crippen LogP) is 2.65. The van der Waals surface area contributed by atoms with E-state index in [2.05, 4.69) is 10.6 Å². The highest BCUT2D eigenvalue weighted by molar-refractivity contribution is 5.96. The minimum Gasteiger partial charge on any atom is -0.496 e. The largest absolute Gasteiger partial charge is 0.496 e. The van der Waals surface area contributed by atoms with Gasteiger partial charge in [0, 0.05) is 25.2 Å². The fourth-order valence-electron chi connectivity index (χ4n) is 3.24. The van der Waals surface area contributed by atoms with E-state index in [-0.39, 0.29) is 18.0 Å². The van der Waals surface area contributed by atoms with Crippen LogP contribution in [0.2, 0.25) is 0 Å². The maximum atomic E-state index is 12.3. The topological polar surface area (TPSA) is 70.7 Å². The van der Waals surface area contributed by atoms with E-state index in [1.54, 1.807) is 12.0 Å². The van der Waals surface area contributed by atoms with E-state index >= 15 is 0 Å². The van der Waals surface area contributed by atoms with Gasteiger partial charge in [0.1, 0.15) is 5.75 Å². The zero-order valence-electron chi connectivity index (χ0n) is 15.7. The number of methoxy groups -OCH3 is 1. The Bertz CT molecular complexity index is 805. The molecule has 2 aromatic carbocycles. The molecule has 6 heteroatoms. The molecule has 0 spiro atoms. The molecule has 6 nitrogen and oxygen atoms in total. The van der Waals surface area contributed by atoms with Crippen LogP contribution < -0.4 is 20.3 Å². The number of carbonyl (C=O) groups is 2. The number of nitrogens with zero attached hydrogens (tertiary/aromatic N) is 1. The smallest absolute Gasteiger partial charge is 0.315 e. The molecule has 1 saturated heterocycles. The van der Waals surface area contributed by atoms with Gasteiger partial charge in [-0.25, -0.2) is 4.79 Å². The third-order valence-electron chi connectivity index (χ3n) is 4.68. The molecule has 142 valence electrons. The molecule has 0 aromatic heterocycles. The molecule has 1 fully saturated rings. The summed E-state index contributed by atoms with van der Waals surface area (Å²) in [6.07, 6.45) is 0.990. The number of urea groups is 1.